The first-order chi connectivity index (χ1) is 5.79. The number of hydrogen-bond acceptors (Lipinski definition) is 1. The van der Waals surface area contributed by atoms with Gasteiger partial charge in [0.05, 0.1) is 0 Å². The Kier molecular flexibility index (Phi) is 3.83. The summed E-state index contributed by atoms with van der Waals surface area (Å²) < 4.78 is 0. The molecule has 0 heterocycles. The van der Waals surface area contributed by atoms with Gasteiger partial charge in [0, 0.05) is 11.1 Å². The Balaban J connectivity index is 2.62. The van der Waals surface area contributed by atoms with Crippen LogP contribution in [0.3, 0.4) is 0 Å². The van der Waals surface area contributed by atoms with Crippen LogP contribution < -0.4 is 0 Å². The second-order valence-corrected chi connectivity index (χ2v) is 3.39. The van der Waals surface area contributed by atoms with Crippen molar-refractivity contribution in [1.29, 1.82) is 0 Å². The summed E-state index contributed by atoms with van der Waals surface area (Å²) in [6.45, 7) is 6.48. The highest BCUT2D eigenvalue weighted by molar-refractivity contribution is 6.30. The first kappa shape index (κ1) is 9.82. The summed E-state index contributed by atoms with van der Waals surface area (Å²) in [5.41, 5.74) is 0. The number of rotatable bonds is 3. The van der Waals surface area contributed by atoms with Gasteiger partial charge in [-0.1, -0.05) is 37.6 Å². The van der Waals surface area contributed by atoms with Gasteiger partial charge in [-0.15, -0.1) is 0 Å². The van der Waals surface area contributed by atoms with E-state index in [0.29, 0.717) is 6.04 Å². The normalized spacial score (nSPS) is 23.0. The third kappa shape index (κ3) is 2.11. The van der Waals surface area contributed by atoms with Gasteiger partial charge in [-0.05, 0) is 25.6 Å². The molecular weight excluding hydrogens is 170 g/mol. The summed E-state index contributed by atoms with van der Waals surface area (Å²) in [6, 6.07) is 0.423. The number of hydrogen-bond donors (Lipinski definition) is 0. The predicted octanol–water partition coefficient (Wildman–Crippen LogP) is 2.78. The topological polar surface area (TPSA) is 3.24 Å². The minimum absolute atomic E-state index is 0.423. The van der Waals surface area contributed by atoms with Gasteiger partial charge in [0.2, 0.25) is 0 Å². The van der Waals surface area contributed by atoms with Crippen molar-refractivity contribution < 1.29 is 0 Å². The second kappa shape index (κ2) is 4.68. The van der Waals surface area contributed by atoms with Crippen LogP contribution in [0.2, 0.25) is 0 Å². The van der Waals surface area contributed by atoms with Crippen LogP contribution >= 0.6 is 11.6 Å². The highest BCUT2D eigenvalue weighted by Gasteiger charge is 2.18. The Labute approximate surface area is 79.7 Å². The fourth-order valence-corrected chi connectivity index (χ4v) is 1.88. The molecule has 1 rings (SSSR count). The van der Waals surface area contributed by atoms with Crippen LogP contribution in [0, 0.1) is 0 Å². The lowest BCUT2D eigenvalue weighted by atomic mass is 10.1. The molecule has 0 radical (unpaired) electrons. The summed E-state index contributed by atoms with van der Waals surface area (Å²) in [5.74, 6) is 0. The molecule has 0 aromatic rings. The molecule has 12 heavy (non-hydrogen) atoms. The Morgan fingerprint density at radius 1 is 1.50 bits per heavy atom. The molecule has 0 fully saturated rings. The lowest BCUT2D eigenvalue weighted by molar-refractivity contribution is 0.250. The monoisotopic (exact) mass is 185 g/mol. The number of nitrogens with zero attached hydrogens (tertiary/aromatic N) is 1. The fraction of sp³-hybridized carbons (Fsp3) is 0.600. The summed E-state index contributed by atoms with van der Waals surface area (Å²) in [6.07, 6.45) is 7.25. The first-order valence-electron chi connectivity index (χ1n) is 4.55. The van der Waals surface area contributed by atoms with Crippen molar-refractivity contribution in [2.75, 3.05) is 13.1 Å². The van der Waals surface area contributed by atoms with Crippen molar-refractivity contribution in [2.45, 2.75) is 26.3 Å². The second-order valence-electron chi connectivity index (χ2n) is 2.95. The molecule has 0 amide bonds. The maximum absolute atomic E-state index is 6.10. The van der Waals surface area contributed by atoms with E-state index in [1.165, 1.54) is 0 Å². The van der Waals surface area contributed by atoms with E-state index in [4.69, 9.17) is 11.6 Å². The molecule has 1 aliphatic rings. The maximum Gasteiger partial charge on any atom is 0.0489 e. The molecule has 68 valence electrons. The fourth-order valence-electron chi connectivity index (χ4n) is 1.58. The molecule has 0 aromatic carbocycles. The molecule has 0 N–H and O–H groups in total. The minimum atomic E-state index is 0.423. The summed E-state index contributed by atoms with van der Waals surface area (Å²) in [5, 5.41) is 0.973. The molecule has 1 unspecified atom stereocenters. The van der Waals surface area contributed by atoms with E-state index in [2.05, 4.69) is 24.8 Å². The van der Waals surface area contributed by atoms with Crippen LogP contribution in [-0.2, 0) is 0 Å². The van der Waals surface area contributed by atoms with E-state index in [9.17, 15) is 0 Å². The van der Waals surface area contributed by atoms with Crippen LogP contribution in [0.4, 0.5) is 0 Å². The minimum Gasteiger partial charge on any atom is -0.296 e. The SMILES string of the molecule is CCN(CC)C1CC=CC=C1Cl. The van der Waals surface area contributed by atoms with Crippen LogP contribution in [0.15, 0.2) is 23.3 Å². The van der Waals surface area contributed by atoms with Gasteiger partial charge in [-0.25, -0.2) is 0 Å². The number of likely N-dealkylation sites (N-methyl/N-ethyl adjacent to an activating group) is 1. The van der Waals surface area contributed by atoms with Gasteiger partial charge in [-0.2, -0.15) is 0 Å². The first-order valence-corrected chi connectivity index (χ1v) is 4.93. The van der Waals surface area contributed by atoms with E-state index in [1.54, 1.807) is 0 Å². The Morgan fingerprint density at radius 2 is 2.17 bits per heavy atom. The number of allylic oxidation sites excluding steroid dienone is 2. The number of halogens is 1. The average molecular weight is 186 g/mol. The average Bonchev–Trinajstić information content (AvgIpc) is 2.10. The van der Waals surface area contributed by atoms with Crippen LogP contribution in [0.25, 0.3) is 0 Å². The van der Waals surface area contributed by atoms with Crippen molar-refractivity contribution in [3.8, 4) is 0 Å². The van der Waals surface area contributed by atoms with Crippen molar-refractivity contribution in [1.82, 2.24) is 4.90 Å². The standard InChI is InChI=1S/C10H16ClN/c1-3-12(4-2)10-8-6-5-7-9(10)11/h5-7,10H,3-4,8H2,1-2H3. The molecular formula is C10H16ClN. The predicted molar refractivity (Wildman–Crippen MR) is 54.4 cm³/mol. The molecule has 0 spiro atoms. The van der Waals surface area contributed by atoms with E-state index in [0.717, 1.165) is 24.5 Å². The van der Waals surface area contributed by atoms with Crippen LogP contribution in [-0.4, -0.2) is 24.0 Å². The highest BCUT2D eigenvalue weighted by atomic mass is 35.5. The van der Waals surface area contributed by atoms with E-state index in [-0.39, 0.29) is 0 Å². The Bertz CT molecular complexity index is 192. The Hall–Kier alpha value is -0.270. The van der Waals surface area contributed by atoms with Crippen molar-refractivity contribution >= 4 is 11.6 Å². The molecule has 0 bridgehead atoms. The van der Waals surface area contributed by atoms with E-state index >= 15 is 0 Å². The largest absolute Gasteiger partial charge is 0.296 e. The van der Waals surface area contributed by atoms with Crippen LogP contribution in [0.5, 0.6) is 0 Å². The van der Waals surface area contributed by atoms with Gasteiger partial charge < -0.3 is 0 Å². The molecule has 0 aromatic heterocycles. The lowest BCUT2D eigenvalue weighted by Gasteiger charge is -2.29. The molecule has 2 heteroatoms. The van der Waals surface area contributed by atoms with Crippen molar-refractivity contribution in [2.24, 2.45) is 0 Å². The van der Waals surface area contributed by atoms with Crippen molar-refractivity contribution in [3.05, 3.63) is 23.3 Å². The van der Waals surface area contributed by atoms with Gasteiger partial charge in [0.1, 0.15) is 0 Å². The van der Waals surface area contributed by atoms with Gasteiger partial charge in [0.25, 0.3) is 0 Å². The summed E-state index contributed by atoms with van der Waals surface area (Å²) in [7, 11) is 0. The van der Waals surface area contributed by atoms with Crippen molar-refractivity contribution in [3.63, 3.8) is 0 Å². The van der Waals surface area contributed by atoms with Gasteiger partial charge >= 0.3 is 0 Å². The van der Waals surface area contributed by atoms with E-state index in [1.807, 2.05) is 12.2 Å². The third-order valence-corrected chi connectivity index (χ3v) is 2.70. The van der Waals surface area contributed by atoms with Crippen LogP contribution in [0.1, 0.15) is 20.3 Å². The third-order valence-electron chi connectivity index (χ3n) is 2.32. The maximum atomic E-state index is 6.10. The lowest BCUT2D eigenvalue weighted by Crippen LogP contribution is -2.35. The summed E-state index contributed by atoms with van der Waals surface area (Å²) >= 11 is 6.10. The molecule has 0 aliphatic heterocycles. The zero-order valence-electron chi connectivity index (χ0n) is 7.76. The Morgan fingerprint density at radius 3 is 2.67 bits per heavy atom. The molecule has 1 nitrogen and oxygen atoms in total. The summed E-state index contributed by atoms with van der Waals surface area (Å²) in [4.78, 5) is 2.38. The van der Waals surface area contributed by atoms with Gasteiger partial charge in [-0.3, -0.25) is 4.90 Å². The highest BCUT2D eigenvalue weighted by Crippen LogP contribution is 2.21. The van der Waals surface area contributed by atoms with Gasteiger partial charge in [0.15, 0.2) is 0 Å². The molecule has 1 aliphatic carbocycles. The quantitative estimate of drug-likeness (QED) is 0.654. The molecule has 0 saturated carbocycles. The molecule has 1 atom stereocenters. The zero-order chi connectivity index (χ0) is 8.97. The van der Waals surface area contributed by atoms with E-state index < -0.39 is 0 Å². The smallest absolute Gasteiger partial charge is 0.0489 e. The zero-order valence-corrected chi connectivity index (χ0v) is 8.51. The molecule has 0 saturated heterocycles.